The van der Waals surface area contributed by atoms with Crippen LogP contribution in [0.15, 0.2) is 53.4 Å². The lowest BCUT2D eigenvalue weighted by Gasteiger charge is -2.17. The van der Waals surface area contributed by atoms with Gasteiger partial charge < -0.3 is 10.6 Å². The van der Waals surface area contributed by atoms with Gasteiger partial charge in [-0.25, -0.2) is 8.42 Å². The molecule has 1 heterocycles. The molecule has 1 aliphatic rings. The summed E-state index contributed by atoms with van der Waals surface area (Å²) < 4.78 is 26.8. The molecule has 1 unspecified atom stereocenters. The van der Waals surface area contributed by atoms with Crippen LogP contribution in [-0.2, 0) is 14.8 Å². The van der Waals surface area contributed by atoms with Gasteiger partial charge in [-0.15, -0.1) is 0 Å². The van der Waals surface area contributed by atoms with Crippen molar-refractivity contribution in [2.45, 2.75) is 30.7 Å². The molecule has 2 aromatic carbocycles. The van der Waals surface area contributed by atoms with Gasteiger partial charge in [0.25, 0.3) is 5.91 Å². The van der Waals surface area contributed by atoms with Crippen molar-refractivity contribution in [3.8, 4) is 0 Å². The summed E-state index contributed by atoms with van der Waals surface area (Å²) in [6, 6.07) is 11.8. The lowest BCUT2D eigenvalue weighted by atomic mass is 10.2. The van der Waals surface area contributed by atoms with Crippen molar-refractivity contribution in [2.75, 3.05) is 18.4 Å². The number of anilines is 1. The number of nitrogens with one attached hydrogen (secondary N) is 2. The minimum atomic E-state index is -3.58. The van der Waals surface area contributed by atoms with E-state index in [1.165, 1.54) is 23.4 Å². The maximum Gasteiger partial charge on any atom is 0.253 e. The largest absolute Gasteiger partial charge is 0.340 e. The molecule has 1 aliphatic heterocycles. The molecule has 2 N–H and O–H groups in total. The van der Waals surface area contributed by atoms with Crippen LogP contribution in [0.2, 0.25) is 5.02 Å². The second-order valence-corrected chi connectivity index (χ2v) is 9.15. The SMILES string of the molecule is CC(NC(=O)c1ccccc1Cl)C(=O)Nc1cccc(S(=O)(=O)N2CCCC2)c1. The molecule has 9 heteroatoms. The third kappa shape index (κ3) is 4.95. The molecule has 0 saturated carbocycles. The molecule has 7 nitrogen and oxygen atoms in total. The van der Waals surface area contributed by atoms with Crippen LogP contribution in [0.5, 0.6) is 0 Å². The molecule has 0 bridgehead atoms. The molecule has 0 radical (unpaired) electrons. The van der Waals surface area contributed by atoms with Crippen molar-refractivity contribution in [1.82, 2.24) is 9.62 Å². The van der Waals surface area contributed by atoms with Crippen molar-refractivity contribution in [1.29, 1.82) is 0 Å². The first-order chi connectivity index (χ1) is 13.8. The van der Waals surface area contributed by atoms with Crippen LogP contribution < -0.4 is 10.6 Å². The molecule has 154 valence electrons. The van der Waals surface area contributed by atoms with Crippen molar-refractivity contribution in [3.63, 3.8) is 0 Å². The number of hydrogen-bond donors (Lipinski definition) is 2. The Balaban J connectivity index is 1.67. The average molecular weight is 436 g/mol. The Hall–Kier alpha value is -2.42. The lowest BCUT2D eigenvalue weighted by Crippen LogP contribution is -2.41. The van der Waals surface area contributed by atoms with Gasteiger partial charge in [0.15, 0.2) is 0 Å². The summed E-state index contributed by atoms with van der Waals surface area (Å²) in [5, 5.41) is 5.52. The molecule has 0 aliphatic carbocycles. The Morgan fingerprint density at radius 3 is 2.45 bits per heavy atom. The van der Waals surface area contributed by atoms with Crippen LogP contribution in [0.4, 0.5) is 5.69 Å². The highest BCUT2D eigenvalue weighted by molar-refractivity contribution is 7.89. The van der Waals surface area contributed by atoms with Crippen LogP contribution in [0.1, 0.15) is 30.1 Å². The summed E-state index contributed by atoms with van der Waals surface area (Å²) in [6.45, 7) is 2.54. The Labute approximate surface area is 175 Å². The topological polar surface area (TPSA) is 95.6 Å². The minimum absolute atomic E-state index is 0.130. The average Bonchev–Trinajstić information content (AvgIpc) is 3.24. The van der Waals surface area contributed by atoms with E-state index < -0.39 is 27.9 Å². The smallest absolute Gasteiger partial charge is 0.253 e. The summed E-state index contributed by atoms with van der Waals surface area (Å²) in [5.74, 6) is -0.940. The molecule has 0 aromatic heterocycles. The second-order valence-electron chi connectivity index (χ2n) is 6.80. The van der Waals surface area contributed by atoms with Gasteiger partial charge in [0, 0.05) is 18.8 Å². The number of hydrogen-bond acceptors (Lipinski definition) is 4. The number of carbonyl (C=O) groups excluding carboxylic acids is 2. The minimum Gasteiger partial charge on any atom is -0.340 e. The normalized spacial score (nSPS) is 15.7. The standard InChI is InChI=1S/C20H22ClN3O4S/c1-14(22-20(26)17-9-2-3-10-18(17)21)19(25)23-15-7-6-8-16(13-15)29(27,28)24-11-4-5-12-24/h2-3,6-10,13-14H,4-5,11-12H2,1H3,(H,22,26)(H,23,25). The summed E-state index contributed by atoms with van der Waals surface area (Å²) in [5.41, 5.74) is 0.613. The van der Waals surface area contributed by atoms with Crippen molar-refractivity contribution in [2.24, 2.45) is 0 Å². The fraction of sp³-hybridized carbons (Fsp3) is 0.300. The van der Waals surface area contributed by atoms with Crippen molar-refractivity contribution >= 4 is 39.1 Å². The maximum absolute atomic E-state index is 12.7. The number of rotatable bonds is 6. The van der Waals surface area contributed by atoms with Gasteiger partial charge in [-0.05, 0) is 50.1 Å². The van der Waals surface area contributed by atoms with Crippen LogP contribution in [0.3, 0.4) is 0 Å². The van der Waals surface area contributed by atoms with Gasteiger partial charge in [0.1, 0.15) is 6.04 Å². The van der Waals surface area contributed by atoms with E-state index in [0.717, 1.165) is 12.8 Å². The Morgan fingerprint density at radius 1 is 1.07 bits per heavy atom. The predicted octanol–water partition coefficient (Wildman–Crippen LogP) is 2.88. The zero-order valence-corrected chi connectivity index (χ0v) is 17.5. The second kappa shape index (κ2) is 8.94. The summed E-state index contributed by atoms with van der Waals surface area (Å²) >= 11 is 6.00. The summed E-state index contributed by atoms with van der Waals surface area (Å²) in [4.78, 5) is 24.9. The Morgan fingerprint density at radius 2 is 1.76 bits per heavy atom. The molecule has 1 atom stereocenters. The van der Waals surface area contributed by atoms with Gasteiger partial charge in [-0.2, -0.15) is 4.31 Å². The van der Waals surface area contributed by atoms with Gasteiger partial charge >= 0.3 is 0 Å². The zero-order valence-electron chi connectivity index (χ0n) is 15.9. The van der Waals surface area contributed by atoms with E-state index in [0.29, 0.717) is 18.8 Å². The molecule has 3 rings (SSSR count). The van der Waals surface area contributed by atoms with E-state index in [1.54, 1.807) is 36.4 Å². The van der Waals surface area contributed by atoms with E-state index in [4.69, 9.17) is 11.6 Å². The first kappa shape index (κ1) is 21.3. The van der Waals surface area contributed by atoms with Crippen molar-refractivity contribution < 1.29 is 18.0 Å². The first-order valence-corrected chi connectivity index (χ1v) is 11.1. The van der Waals surface area contributed by atoms with Crippen LogP contribution in [-0.4, -0.2) is 43.7 Å². The molecule has 29 heavy (non-hydrogen) atoms. The molecule has 2 amide bonds. The highest BCUT2D eigenvalue weighted by Gasteiger charge is 2.27. The van der Waals surface area contributed by atoms with E-state index in [-0.39, 0.29) is 15.5 Å². The number of halogens is 1. The zero-order chi connectivity index (χ0) is 21.0. The number of nitrogens with zero attached hydrogens (tertiary/aromatic N) is 1. The third-order valence-corrected chi connectivity index (χ3v) is 6.89. The Kier molecular flexibility index (Phi) is 6.56. The van der Waals surface area contributed by atoms with Crippen LogP contribution in [0, 0.1) is 0 Å². The van der Waals surface area contributed by atoms with Gasteiger partial charge in [0.2, 0.25) is 15.9 Å². The predicted molar refractivity (Wildman–Crippen MR) is 111 cm³/mol. The van der Waals surface area contributed by atoms with Gasteiger partial charge in [0.05, 0.1) is 15.5 Å². The molecule has 1 fully saturated rings. The highest BCUT2D eigenvalue weighted by Crippen LogP contribution is 2.23. The number of carbonyl (C=O) groups is 2. The lowest BCUT2D eigenvalue weighted by molar-refractivity contribution is -0.117. The number of sulfonamides is 1. The quantitative estimate of drug-likeness (QED) is 0.729. The van der Waals surface area contributed by atoms with Gasteiger partial charge in [-0.1, -0.05) is 29.8 Å². The van der Waals surface area contributed by atoms with E-state index in [2.05, 4.69) is 10.6 Å². The Bertz CT molecular complexity index is 1020. The summed E-state index contributed by atoms with van der Waals surface area (Å²) in [7, 11) is -3.58. The molecular weight excluding hydrogens is 414 g/mol. The maximum atomic E-state index is 12.7. The van der Waals surface area contributed by atoms with E-state index >= 15 is 0 Å². The van der Waals surface area contributed by atoms with E-state index in [1.807, 2.05) is 0 Å². The molecule has 2 aromatic rings. The van der Waals surface area contributed by atoms with Crippen LogP contribution >= 0.6 is 11.6 Å². The third-order valence-electron chi connectivity index (χ3n) is 4.66. The summed E-state index contributed by atoms with van der Waals surface area (Å²) in [6.07, 6.45) is 1.69. The molecule has 1 saturated heterocycles. The fourth-order valence-electron chi connectivity index (χ4n) is 3.05. The fourth-order valence-corrected chi connectivity index (χ4v) is 4.83. The van der Waals surface area contributed by atoms with Crippen molar-refractivity contribution in [3.05, 3.63) is 59.1 Å². The van der Waals surface area contributed by atoms with Gasteiger partial charge in [-0.3, -0.25) is 9.59 Å². The first-order valence-electron chi connectivity index (χ1n) is 9.25. The number of amides is 2. The van der Waals surface area contributed by atoms with E-state index in [9.17, 15) is 18.0 Å². The molecular formula is C20H22ClN3O4S. The molecule has 0 spiro atoms. The monoisotopic (exact) mass is 435 g/mol. The number of benzene rings is 2. The van der Waals surface area contributed by atoms with Crippen LogP contribution in [0.25, 0.3) is 0 Å². The highest BCUT2D eigenvalue weighted by atomic mass is 35.5.